The maximum absolute atomic E-state index is 12.4. The van der Waals surface area contributed by atoms with Gasteiger partial charge < -0.3 is 19.5 Å². The number of hydrogen-bond donors (Lipinski definition) is 1. The summed E-state index contributed by atoms with van der Waals surface area (Å²) in [6, 6.07) is 12.7. The predicted octanol–water partition coefficient (Wildman–Crippen LogP) is 3.87. The minimum Gasteiger partial charge on any atom is -0.493 e. The van der Waals surface area contributed by atoms with Gasteiger partial charge in [-0.25, -0.2) is 0 Å². The molecule has 1 N–H and O–H groups in total. The number of benzene rings is 2. The molecule has 0 bridgehead atoms. The highest BCUT2D eigenvalue weighted by Gasteiger charge is 2.18. The third kappa shape index (κ3) is 5.56. The van der Waals surface area contributed by atoms with E-state index < -0.39 is 6.10 Å². The SMILES string of the molecule is CC[C@@H](Oc1ccc(Cl)cc1)C(=O)NCCc1ccc(OC)c(OC)c1. The van der Waals surface area contributed by atoms with Gasteiger partial charge in [0.15, 0.2) is 17.6 Å². The first-order chi connectivity index (χ1) is 12.6. The van der Waals surface area contributed by atoms with Crippen molar-refractivity contribution in [1.82, 2.24) is 5.32 Å². The summed E-state index contributed by atoms with van der Waals surface area (Å²) in [6.45, 7) is 2.42. The van der Waals surface area contributed by atoms with Gasteiger partial charge in [0.25, 0.3) is 5.91 Å². The normalized spacial score (nSPS) is 11.5. The fourth-order valence-electron chi connectivity index (χ4n) is 2.48. The van der Waals surface area contributed by atoms with Crippen molar-refractivity contribution in [3.05, 3.63) is 53.1 Å². The molecular formula is C20H24ClNO4. The molecule has 0 aliphatic rings. The Balaban J connectivity index is 1.87. The number of methoxy groups -OCH3 is 2. The van der Waals surface area contributed by atoms with Gasteiger partial charge in [0.2, 0.25) is 0 Å². The van der Waals surface area contributed by atoms with Crippen molar-refractivity contribution in [2.24, 2.45) is 0 Å². The second kappa shape index (κ2) is 9.92. The number of rotatable bonds is 9. The molecule has 1 atom stereocenters. The lowest BCUT2D eigenvalue weighted by Gasteiger charge is -2.17. The van der Waals surface area contributed by atoms with Gasteiger partial charge in [-0.05, 0) is 54.8 Å². The van der Waals surface area contributed by atoms with Gasteiger partial charge in [0, 0.05) is 11.6 Å². The molecule has 6 heteroatoms. The molecule has 2 rings (SSSR count). The van der Waals surface area contributed by atoms with Crippen LogP contribution in [0.4, 0.5) is 0 Å². The van der Waals surface area contributed by atoms with E-state index in [0.717, 1.165) is 5.56 Å². The third-order valence-electron chi connectivity index (χ3n) is 3.92. The second-order valence-corrected chi connectivity index (χ2v) is 6.14. The van der Waals surface area contributed by atoms with E-state index in [1.165, 1.54) is 0 Å². The zero-order valence-electron chi connectivity index (χ0n) is 15.3. The molecule has 0 heterocycles. The molecule has 0 saturated heterocycles. The maximum atomic E-state index is 12.4. The van der Waals surface area contributed by atoms with Crippen LogP contribution in [-0.2, 0) is 11.2 Å². The molecule has 0 radical (unpaired) electrons. The molecule has 0 fully saturated rings. The molecular weight excluding hydrogens is 354 g/mol. The third-order valence-corrected chi connectivity index (χ3v) is 4.17. The van der Waals surface area contributed by atoms with Gasteiger partial charge in [0.1, 0.15) is 5.75 Å². The number of nitrogens with one attached hydrogen (secondary N) is 1. The van der Waals surface area contributed by atoms with E-state index in [2.05, 4.69) is 5.32 Å². The van der Waals surface area contributed by atoms with Crippen molar-refractivity contribution in [2.45, 2.75) is 25.9 Å². The number of ether oxygens (including phenoxy) is 3. The predicted molar refractivity (Wildman–Crippen MR) is 102 cm³/mol. The monoisotopic (exact) mass is 377 g/mol. The van der Waals surface area contributed by atoms with Crippen molar-refractivity contribution in [3.63, 3.8) is 0 Å². The van der Waals surface area contributed by atoms with Crippen LogP contribution in [0.25, 0.3) is 0 Å². The molecule has 2 aromatic carbocycles. The quantitative estimate of drug-likeness (QED) is 0.720. The largest absolute Gasteiger partial charge is 0.493 e. The Labute approximate surface area is 159 Å². The first kappa shape index (κ1) is 19.9. The second-order valence-electron chi connectivity index (χ2n) is 5.70. The molecule has 2 aromatic rings. The lowest BCUT2D eigenvalue weighted by molar-refractivity contribution is -0.128. The summed E-state index contributed by atoms with van der Waals surface area (Å²) in [7, 11) is 3.20. The molecule has 1 amide bonds. The van der Waals surface area contributed by atoms with Crippen LogP contribution in [0.2, 0.25) is 5.02 Å². The average molecular weight is 378 g/mol. The van der Waals surface area contributed by atoms with Gasteiger partial charge in [0.05, 0.1) is 14.2 Å². The van der Waals surface area contributed by atoms with E-state index in [1.54, 1.807) is 38.5 Å². The van der Waals surface area contributed by atoms with E-state index in [4.69, 9.17) is 25.8 Å². The summed E-state index contributed by atoms with van der Waals surface area (Å²) in [5, 5.41) is 3.55. The molecule has 0 aliphatic carbocycles. The molecule has 0 unspecified atom stereocenters. The van der Waals surface area contributed by atoms with Gasteiger partial charge in [-0.1, -0.05) is 24.6 Å². The Kier molecular flexibility index (Phi) is 7.60. The van der Waals surface area contributed by atoms with Crippen LogP contribution in [0.15, 0.2) is 42.5 Å². The van der Waals surface area contributed by atoms with E-state index in [-0.39, 0.29) is 5.91 Å². The summed E-state index contributed by atoms with van der Waals surface area (Å²) in [6.07, 6.45) is 0.718. The van der Waals surface area contributed by atoms with E-state index in [9.17, 15) is 4.79 Å². The number of amides is 1. The highest BCUT2D eigenvalue weighted by molar-refractivity contribution is 6.30. The zero-order chi connectivity index (χ0) is 18.9. The van der Waals surface area contributed by atoms with E-state index in [0.29, 0.717) is 41.7 Å². The summed E-state index contributed by atoms with van der Waals surface area (Å²) in [4.78, 5) is 12.4. The first-order valence-electron chi connectivity index (χ1n) is 8.48. The van der Waals surface area contributed by atoms with Gasteiger partial charge in [-0.3, -0.25) is 4.79 Å². The fourth-order valence-corrected chi connectivity index (χ4v) is 2.61. The fraction of sp³-hybridized carbons (Fsp3) is 0.350. The number of hydrogen-bond acceptors (Lipinski definition) is 4. The minimum atomic E-state index is -0.540. The van der Waals surface area contributed by atoms with Gasteiger partial charge >= 0.3 is 0 Å². The van der Waals surface area contributed by atoms with Crippen molar-refractivity contribution < 1.29 is 19.0 Å². The summed E-state index contributed by atoms with van der Waals surface area (Å²) in [5.41, 5.74) is 1.05. The lowest BCUT2D eigenvalue weighted by atomic mass is 10.1. The van der Waals surface area contributed by atoms with Gasteiger partial charge in [-0.15, -0.1) is 0 Å². The van der Waals surface area contributed by atoms with Crippen molar-refractivity contribution in [2.75, 3.05) is 20.8 Å². The lowest BCUT2D eigenvalue weighted by Crippen LogP contribution is -2.38. The first-order valence-corrected chi connectivity index (χ1v) is 8.86. The molecule has 0 saturated carbocycles. The summed E-state index contributed by atoms with van der Waals surface area (Å²) >= 11 is 5.86. The Morgan fingerprint density at radius 3 is 2.38 bits per heavy atom. The molecule has 140 valence electrons. The number of halogens is 1. The Morgan fingerprint density at radius 1 is 1.08 bits per heavy atom. The van der Waals surface area contributed by atoms with Gasteiger partial charge in [-0.2, -0.15) is 0 Å². The van der Waals surface area contributed by atoms with Crippen LogP contribution >= 0.6 is 11.6 Å². The average Bonchev–Trinajstić information content (AvgIpc) is 2.67. The Bertz CT molecular complexity index is 718. The van der Waals surface area contributed by atoms with Crippen molar-refractivity contribution >= 4 is 17.5 Å². The maximum Gasteiger partial charge on any atom is 0.261 e. The van der Waals surface area contributed by atoms with E-state index in [1.807, 2.05) is 25.1 Å². The molecule has 0 spiro atoms. The molecule has 0 aromatic heterocycles. The highest BCUT2D eigenvalue weighted by atomic mass is 35.5. The van der Waals surface area contributed by atoms with Crippen LogP contribution in [0.1, 0.15) is 18.9 Å². The topological polar surface area (TPSA) is 56.8 Å². The highest BCUT2D eigenvalue weighted by Crippen LogP contribution is 2.27. The Morgan fingerprint density at radius 2 is 1.77 bits per heavy atom. The molecule has 5 nitrogen and oxygen atoms in total. The van der Waals surface area contributed by atoms with Crippen LogP contribution in [0, 0.1) is 0 Å². The van der Waals surface area contributed by atoms with E-state index >= 15 is 0 Å². The van der Waals surface area contributed by atoms with Crippen LogP contribution < -0.4 is 19.5 Å². The zero-order valence-corrected chi connectivity index (χ0v) is 16.0. The Hall–Kier alpha value is -2.40. The summed E-state index contributed by atoms with van der Waals surface area (Å²) < 4.78 is 16.3. The van der Waals surface area contributed by atoms with Crippen molar-refractivity contribution in [1.29, 1.82) is 0 Å². The van der Waals surface area contributed by atoms with Crippen LogP contribution in [0.3, 0.4) is 0 Å². The van der Waals surface area contributed by atoms with Crippen LogP contribution in [-0.4, -0.2) is 32.8 Å². The standard InChI is InChI=1S/C20H24ClNO4/c1-4-17(26-16-8-6-15(21)7-9-16)20(23)22-12-11-14-5-10-18(24-2)19(13-14)25-3/h5-10,13,17H,4,11-12H2,1-3H3,(H,22,23)/t17-/m1/s1. The summed E-state index contributed by atoms with van der Waals surface area (Å²) in [5.74, 6) is 1.84. The number of carbonyl (C=O) groups excluding carboxylic acids is 1. The van der Waals surface area contributed by atoms with Crippen molar-refractivity contribution in [3.8, 4) is 17.2 Å². The van der Waals surface area contributed by atoms with Crippen LogP contribution in [0.5, 0.6) is 17.2 Å². The minimum absolute atomic E-state index is 0.136. The smallest absolute Gasteiger partial charge is 0.261 e. The number of carbonyl (C=O) groups is 1. The molecule has 26 heavy (non-hydrogen) atoms. The molecule has 0 aliphatic heterocycles.